The van der Waals surface area contributed by atoms with Gasteiger partial charge in [-0.05, 0) is 18.6 Å². The van der Waals surface area contributed by atoms with E-state index in [1.807, 2.05) is 17.2 Å². The first kappa shape index (κ1) is 14.8. The summed E-state index contributed by atoms with van der Waals surface area (Å²) in [5.41, 5.74) is 2.22. The molecule has 1 aromatic rings. The summed E-state index contributed by atoms with van der Waals surface area (Å²) in [5.74, 6) is 0.175. The number of anilines is 1. The molecule has 2 heterocycles. The van der Waals surface area contributed by atoms with Crippen LogP contribution in [0.15, 0.2) is 18.3 Å². The normalized spacial score (nSPS) is 16.2. The number of carbonyl (C=O) groups excluding carboxylic acids is 1. The van der Waals surface area contributed by atoms with Crippen molar-refractivity contribution < 1.29 is 4.79 Å². The SMILES string of the molecule is CCCNc1ccnc(CN2CCN(C(C)=O)CC2)c1. The zero-order valence-corrected chi connectivity index (χ0v) is 12.4. The number of piperazine rings is 1. The predicted molar refractivity (Wildman–Crippen MR) is 80.5 cm³/mol. The minimum atomic E-state index is 0.175. The van der Waals surface area contributed by atoms with Gasteiger partial charge in [0.1, 0.15) is 0 Å². The third-order valence-electron chi connectivity index (χ3n) is 3.60. The average Bonchev–Trinajstić information content (AvgIpc) is 2.46. The highest BCUT2D eigenvalue weighted by molar-refractivity contribution is 5.73. The Hall–Kier alpha value is -1.62. The van der Waals surface area contributed by atoms with Crippen LogP contribution in [0.3, 0.4) is 0 Å². The standard InChI is InChI=1S/C15H24N4O/c1-3-5-16-14-4-6-17-15(11-14)12-18-7-9-19(10-8-18)13(2)20/h4,6,11H,3,5,7-10,12H2,1-2H3,(H,16,17). The smallest absolute Gasteiger partial charge is 0.219 e. The van der Waals surface area contributed by atoms with Crippen molar-refractivity contribution in [1.82, 2.24) is 14.8 Å². The molecule has 20 heavy (non-hydrogen) atoms. The minimum Gasteiger partial charge on any atom is -0.385 e. The lowest BCUT2D eigenvalue weighted by molar-refractivity contribution is -0.130. The molecule has 110 valence electrons. The Morgan fingerprint density at radius 2 is 2.10 bits per heavy atom. The van der Waals surface area contributed by atoms with E-state index in [1.165, 1.54) is 0 Å². The molecule has 1 N–H and O–H groups in total. The molecule has 5 heteroatoms. The van der Waals surface area contributed by atoms with Crippen LogP contribution in [0.1, 0.15) is 26.0 Å². The van der Waals surface area contributed by atoms with Gasteiger partial charge < -0.3 is 10.2 Å². The van der Waals surface area contributed by atoms with Crippen molar-refractivity contribution in [2.45, 2.75) is 26.8 Å². The summed E-state index contributed by atoms with van der Waals surface area (Å²) in [6.45, 7) is 9.13. The average molecular weight is 276 g/mol. The first-order valence-electron chi connectivity index (χ1n) is 7.35. The van der Waals surface area contributed by atoms with Gasteiger partial charge in [0.05, 0.1) is 5.69 Å². The number of nitrogens with zero attached hydrogens (tertiary/aromatic N) is 3. The maximum Gasteiger partial charge on any atom is 0.219 e. The van der Waals surface area contributed by atoms with E-state index in [4.69, 9.17) is 0 Å². The topological polar surface area (TPSA) is 48.5 Å². The van der Waals surface area contributed by atoms with E-state index in [9.17, 15) is 4.79 Å². The Morgan fingerprint density at radius 3 is 2.75 bits per heavy atom. The Kier molecular flexibility index (Phi) is 5.35. The van der Waals surface area contributed by atoms with Crippen LogP contribution in [0.25, 0.3) is 0 Å². The van der Waals surface area contributed by atoms with E-state index in [-0.39, 0.29) is 5.91 Å². The van der Waals surface area contributed by atoms with Crippen LogP contribution in [-0.2, 0) is 11.3 Å². The van der Waals surface area contributed by atoms with E-state index in [0.717, 1.165) is 57.1 Å². The molecule has 0 spiro atoms. The second kappa shape index (κ2) is 7.24. The zero-order chi connectivity index (χ0) is 14.4. The Bertz CT molecular complexity index is 441. The second-order valence-electron chi connectivity index (χ2n) is 5.24. The molecule has 0 bridgehead atoms. The van der Waals surface area contributed by atoms with Gasteiger partial charge in [-0.25, -0.2) is 0 Å². The summed E-state index contributed by atoms with van der Waals surface area (Å²) in [5, 5.41) is 3.38. The highest BCUT2D eigenvalue weighted by Gasteiger charge is 2.18. The van der Waals surface area contributed by atoms with Crippen LogP contribution >= 0.6 is 0 Å². The van der Waals surface area contributed by atoms with Gasteiger partial charge in [-0.3, -0.25) is 14.7 Å². The van der Waals surface area contributed by atoms with Crippen molar-refractivity contribution in [2.24, 2.45) is 0 Å². The van der Waals surface area contributed by atoms with Crippen molar-refractivity contribution in [2.75, 3.05) is 38.0 Å². The Labute approximate surface area is 121 Å². The van der Waals surface area contributed by atoms with Crippen LogP contribution in [0.2, 0.25) is 0 Å². The van der Waals surface area contributed by atoms with Gasteiger partial charge in [0, 0.05) is 58.1 Å². The summed E-state index contributed by atoms with van der Waals surface area (Å²) in [4.78, 5) is 20.0. The fraction of sp³-hybridized carbons (Fsp3) is 0.600. The molecule has 1 aliphatic rings. The molecular formula is C15H24N4O. The van der Waals surface area contributed by atoms with Crippen molar-refractivity contribution >= 4 is 11.6 Å². The zero-order valence-electron chi connectivity index (χ0n) is 12.4. The van der Waals surface area contributed by atoms with Crippen LogP contribution in [-0.4, -0.2) is 53.4 Å². The molecule has 1 fully saturated rings. The molecule has 5 nitrogen and oxygen atoms in total. The lowest BCUT2D eigenvalue weighted by Crippen LogP contribution is -2.47. The van der Waals surface area contributed by atoms with Crippen molar-refractivity contribution in [3.63, 3.8) is 0 Å². The quantitative estimate of drug-likeness (QED) is 0.887. The van der Waals surface area contributed by atoms with E-state index in [2.05, 4.69) is 28.2 Å². The number of rotatable bonds is 5. The molecule has 0 unspecified atom stereocenters. The fourth-order valence-electron chi connectivity index (χ4n) is 2.39. The van der Waals surface area contributed by atoms with E-state index in [1.54, 1.807) is 6.92 Å². The molecule has 0 radical (unpaired) electrons. The van der Waals surface area contributed by atoms with Crippen molar-refractivity contribution in [3.05, 3.63) is 24.0 Å². The summed E-state index contributed by atoms with van der Waals surface area (Å²) >= 11 is 0. The summed E-state index contributed by atoms with van der Waals surface area (Å²) in [6.07, 6.45) is 2.98. The first-order valence-corrected chi connectivity index (χ1v) is 7.35. The van der Waals surface area contributed by atoms with Crippen LogP contribution in [0.5, 0.6) is 0 Å². The van der Waals surface area contributed by atoms with E-state index < -0.39 is 0 Å². The molecule has 1 aromatic heterocycles. The molecule has 0 saturated carbocycles. The molecule has 1 aliphatic heterocycles. The molecule has 0 atom stereocenters. The van der Waals surface area contributed by atoms with Gasteiger partial charge in [0.25, 0.3) is 0 Å². The highest BCUT2D eigenvalue weighted by atomic mass is 16.2. The number of hydrogen-bond acceptors (Lipinski definition) is 4. The van der Waals surface area contributed by atoms with Gasteiger partial charge >= 0.3 is 0 Å². The largest absolute Gasteiger partial charge is 0.385 e. The molecule has 2 rings (SSSR count). The van der Waals surface area contributed by atoms with Crippen LogP contribution in [0, 0.1) is 0 Å². The summed E-state index contributed by atoms with van der Waals surface area (Å²) in [7, 11) is 0. The lowest BCUT2D eigenvalue weighted by Gasteiger charge is -2.33. The second-order valence-corrected chi connectivity index (χ2v) is 5.24. The Balaban J connectivity index is 1.86. The number of pyridine rings is 1. The Morgan fingerprint density at radius 1 is 1.35 bits per heavy atom. The van der Waals surface area contributed by atoms with Crippen molar-refractivity contribution in [1.29, 1.82) is 0 Å². The first-order chi connectivity index (χ1) is 9.69. The number of hydrogen-bond donors (Lipinski definition) is 1. The fourth-order valence-corrected chi connectivity index (χ4v) is 2.39. The van der Waals surface area contributed by atoms with E-state index in [0.29, 0.717) is 0 Å². The molecule has 1 saturated heterocycles. The third kappa shape index (κ3) is 4.20. The van der Waals surface area contributed by atoms with E-state index >= 15 is 0 Å². The number of aromatic nitrogens is 1. The van der Waals surface area contributed by atoms with Crippen LogP contribution < -0.4 is 5.32 Å². The maximum atomic E-state index is 11.3. The molecule has 0 aromatic carbocycles. The van der Waals surface area contributed by atoms with Gasteiger partial charge in [0.15, 0.2) is 0 Å². The number of amides is 1. The predicted octanol–water partition coefficient (Wildman–Crippen LogP) is 1.57. The number of carbonyl (C=O) groups is 1. The van der Waals surface area contributed by atoms with Crippen molar-refractivity contribution in [3.8, 4) is 0 Å². The van der Waals surface area contributed by atoms with Gasteiger partial charge in [-0.15, -0.1) is 0 Å². The molecule has 0 aliphatic carbocycles. The lowest BCUT2D eigenvalue weighted by atomic mass is 10.2. The maximum absolute atomic E-state index is 11.3. The van der Waals surface area contributed by atoms with Gasteiger partial charge in [-0.2, -0.15) is 0 Å². The minimum absolute atomic E-state index is 0.175. The highest BCUT2D eigenvalue weighted by Crippen LogP contribution is 2.11. The molecule has 1 amide bonds. The summed E-state index contributed by atoms with van der Waals surface area (Å²) < 4.78 is 0. The summed E-state index contributed by atoms with van der Waals surface area (Å²) in [6, 6.07) is 4.12. The molecular weight excluding hydrogens is 252 g/mol. The number of nitrogens with one attached hydrogen (secondary N) is 1. The van der Waals surface area contributed by atoms with Crippen LogP contribution in [0.4, 0.5) is 5.69 Å². The van der Waals surface area contributed by atoms with Gasteiger partial charge in [-0.1, -0.05) is 6.92 Å². The third-order valence-corrected chi connectivity index (χ3v) is 3.60. The monoisotopic (exact) mass is 276 g/mol. The van der Waals surface area contributed by atoms with Gasteiger partial charge in [0.2, 0.25) is 5.91 Å².